The van der Waals surface area contributed by atoms with Gasteiger partial charge in [-0.1, -0.05) is 24.3 Å². The van der Waals surface area contributed by atoms with Crippen molar-refractivity contribution in [2.45, 2.75) is 19.9 Å². The molecule has 2 heterocycles. The first-order valence-corrected chi connectivity index (χ1v) is 6.83. The highest BCUT2D eigenvalue weighted by atomic mass is 16.3. The van der Waals surface area contributed by atoms with Crippen molar-refractivity contribution in [3.63, 3.8) is 0 Å². The number of benzene rings is 1. The third kappa shape index (κ3) is 2.38. The van der Waals surface area contributed by atoms with E-state index in [1.807, 2.05) is 54.8 Å². The monoisotopic (exact) mass is 280 g/mol. The lowest BCUT2D eigenvalue weighted by Gasteiger charge is -2.10. The fraction of sp³-hybridized carbons (Fsp3) is 0.188. The fourth-order valence-electron chi connectivity index (χ4n) is 2.37. The van der Waals surface area contributed by atoms with Crippen LogP contribution in [0.25, 0.3) is 10.9 Å². The topological polar surface area (TPSA) is 62.8 Å². The number of aromatic nitrogens is 2. The van der Waals surface area contributed by atoms with Crippen molar-refractivity contribution < 1.29 is 5.11 Å². The molecule has 0 fully saturated rings. The predicted octanol–water partition coefficient (Wildman–Crippen LogP) is 4.74. The van der Waals surface area contributed by atoms with Gasteiger partial charge in [-0.05, 0) is 32.0 Å². The largest absolute Gasteiger partial charge is 0.493 e. The first-order valence-electron chi connectivity index (χ1n) is 6.83. The van der Waals surface area contributed by atoms with Gasteiger partial charge in [-0.15, -0.1) is 10.2 Å². The summed E-state index contributed by atoms with van der Waals surface area (Å²) in [5.41, 5.74) is 1.42. The summed E-state index contributed by atoms with van der Waals surface area (Å²) in [5.74, 6) is 0.643. The number of hydrogen-bond acceptors (Lipinski definition) is 4. The molecule has 0 amide bonds. The maximum Gasteiger partial charge on any atom is 0.221 e. The van der Waals surface area contributed by atoms with Crippen LogP contribution < -0.4 is 0 Å². The Morgan fingerprint density at radius 2 is 1.81 bits per heavy atom. The second kappa shape index (κ2) is 5.36. The molecule has 0 bridgehead atoms. The highest BCUT2D eigenvalue weighted by Gasteiger charge is 2.17. The summed E-state index contributed by atoms with van der Waals surface area (Å²) in [5, 5.41) is 19.6. The van der Waals surface area contributed by atoms with Gasteiger partial charge in [-0.25, -0.2) is 4.98 Å². The van der Waals surface area contributed by atoms with Crippen LogP contribution in [0.15, 0.2) is 58.9 Å². The van der Waals surface area contributed by atoms with Gasteiger partial charge in [0.25, 0.3) is 0 Å². The molecule has 0 spiro atoms. The molecule has 0 atom stereocenters. The van der Waals surface area contributed by atoms with E-state index in [9.17, 15) is 5.11 Å². The Bertz CT molecular complexity index is 791. The van der Waals surface area contributed by atoms with E-state index in [0.29, 0.717) is 11.5 Å². The third-order valence-electron chi connectivity index (χ3n) is 3.28. The Balaban J connectivity index is 2.15. The van der Waals surface area contributed by atoms with E-state index in [-0.39, 0.29) is 11.9 Å². The number of pyridine rings is 1. The maximum atomic E-state index is 10.4. The van der Waals surface area contributed by atoms with E-state index < -0.39 is 0 Å². The lowest BCUT2D eigenvalue weighted by atomic mass is 10.2. The average molecular weight is 280 g/mol. The Labute approximate surface area is 122 Å². The molecule has 0 aliphatic heterocycles. The summed E-state index contributed by atoms with van der Waals surface area (Å²) in [6.45, 7) is 4.04. The zero-order valence-electron chi connectivity index (χ0n) is 11.9. The van der Waals surface area contributed by atoms with Crippen LogP contribution in [0, 0.1) is 0 Å². The molecule has 1 aromatic carbocycles. The first kappa shape index (κ1) is 13.3. The van der Waals surface area contributed by atoms with Crippen molar-refractivity contribution in [1.82, 2.24) is 9.55 Å². The minimum absolute atomic E-state index is 0.130. The van der Waals surface area contributed by atoms with Crippen LogP contribution in [-0.2, 0) is 0 Å². The number of rotatable bonds is 3. The fourth-order valence-corrected chi connectivity index (χ4v) is 2.37. The second-order valence-corrected chi connectivity index (χ2v) is 5.04. The number of azo groups is 1. The highest BCUT2D eigenvalue weighted by molar-refractivity contribution is 5.95. The molecule has 0 unspecified atom stereocenters. The zero-order valence-corrected chi connectivity index (χ0v) is 11.9. The number of aromatic hydroxyl groups is 1. The van der Waals surface area contributed by atoms with Crippen molar-refractivity contribution in [3.05, 3.63) is 48.7 Å². The Morgan fingerprint density at radius 1 is 1.05 bits per heavy atom. The molecule has 0 aliphatic rings. The molecule has 21 heavy (non-hydrogen) atoms. The van der Waals surface area contributed by atoms with E-state index in [1.165, 1.54) is 0 Å². The molecule has 0 radical (unpaired) electrons. The molecule has 0 aliphatic carbocycles. The van der Waals surface area contributed by atoms with Crippen LogP contribution >= 0.6 is 0 Å². The van der Waals surface area contributed by atoms with Gasteiger partial charge in [-0.2, -0.15) is 0 Å². The van der Waals surface area contributed by atoms with E-state index in [4.69, 9.17) is 0 Å². The number of hydrogen-bond donors (Lipinski definition) is 1. The molecule has 3 aromatic rings. The number of para-hydroxylation sites is 1. The molecule has 0 saturated carbocycles. The molecule has 3 rings (SSSR count). The molecule has 5 heteroatoms. The van der Waals surface area contributed by atoms with E-state index in [2.05, 4.69) is 15.2 Å². The molecular formula is C16H16N4O. The standard InChI is InChI=1S/C16H16N4O/c1-11(2)20-13-8-4-3-7-12(13)15(16(20)21)19-18-14-9-5-6-10-17-14/h3-11,21H,1-2H3. The molecular weight excluding hydrogens is 264 g/mol. The second-order valence-electron chi connectivity index (χ2n) is 5.04. The third-order valence-corrected chi connectivity index (χ3v) is 3.28. The van der Waals surface area contributed by atoms with Gasteiger partial charge in [0.1, 0.15) is 0 Å². The van der Waals surface area contributed by atoms with Gasteiger partial charge in [0.15, 0.2) is 11.5 Å². The molecule has 5 nitrogen and oxygen atoms in total. The first-order chi connectivity index (χ1) is 10.2. The SMILES string of the molecule is CC(C)n1c(O)c(N=Nc2ccccn2)c2ccccc21. The van der Waals surface area contributed by atoms with Crippen LogP contribution in [0.2, 0.25) is 0 Å². The lowest BCUT2D eigenvalue weighted by Crippen LogP contribution is -1.98. The van der Waals surface area contributed by atoms with Crippen LogP contribution in [-0.4, -0.2) is 14.7 Å². The highest BCUT2D eigenvalue weighted by Crippen LogP contribution is 2.41. The predicted molar refractivity (Wildman–Crippen MR) is 82.4 cm³/mol. The van der Waals surface area contributed by atoms with Crippen molar-refractivity contribution in [3.8, 4) is 5.88 Å². The van der Waals surface area contributed by atoms with Gasteiger partial charge in [0.2, 0.25) is 5.88 Å². The van der Waals surface area contributed by atoms with Gasteiger partial charge >= 0.3 is 0 Å². The van der Waals surface area contributed by atoms with Crippen LogP contribution in [0.1, 0.15) is 19.9 Å². The minimum Gasteiger partial charge on any atom is -0.493 e. The Morgan fingerprint density at radius 3 is 2.52 bits per heavy atom. The molecule has 2 aromatic heterocycles. The zero-order chi connectivity index (χ0) is 14.8. The number of nitrogens with zero attached hydrogens (tertiary/aromatic N) is 4. The normalized spacial score (nSPS) is 11.8. The van der Waals surface area contributed by atoms with E-state index in [0.717, 1.165) is 10.9 Å². The summed E-state index contributed by atoms with van der Waals surface area (Å²) in [7, 11) is 0. The van der Waals surface area contributed by atoms with Crippen LogP contribution in [0.4, 0.5) is 11.5 Å². The minimum atomic E-state index is 0.130. The van der Waals surface area contributed by atoms with E-state index >= 15 is 0 Å². The Kier molecular flexibility index (Phi) is 3.39. The average Bonchev–Trinajstić information content (AvgIpc) is 2.78. The van der Waals surface area contributed by atoms with Gasteiger partial charge in [0.05, 0.1) is 5.52 Å². The van der Waals surface area contributed by atoms with E-state index in [1.54, 1.807) is 12.3 Å². The molecule has 0 saturated heterocycles. The quantitative estimate of drug-likeness (QED) is 0.704. The van der Waals surface area contributed by atoms with Gasteiger partial charge in [-0.3, -0.25) is 0 Å². The smallest absolute Gasteiger partial charge is 0.221 e. The maximum absolute atomic E-state index is 10.4. The summed E-state index contributed by atoms with van der Waals surface area (Å²) >= 11 is 0. The van der Waals surface area contributed by atoms with Crippen molar-refractivity contribution >= 4 is 22.4 Å². The van der Waals surface area contributed by atoms with Crippen LogP contribution in [0.3, 0.4) is 0 Å². The Hall–Kier alpha value is -2.69. The summed E-state index contributed by atoms with van der Waals surface area (Å²) in [4.78, 5) is 4.10. The summed E-state index contributed by atoms with van der Waals surface area (Å²) < 4.78 is 1.85. The summed E-state index contributed by atoms with van der Waals surface area (Å²) in [6, 6.07) is 13.3. The number of fused-ring (bicyclic) bond motifs is 1. The van der Waals surface area contributed by atoms with Crippen molar-refractivity contribution in [1.29, 1.82) is 0 Å². The van der Waals surface area contributed by atoms with Crippen LogP contribution in [0.5, 0.6) is 5.88 Å². The molecule has 106 valence electrons. The lowest BCUT2D eigenvalue weighted by molar-refractivity contribution is 0.407. The van der Waals surface area contributed by atoms with Gasteiger partial charge in [0, 0.05) is 17.6 Å². The van der Waals surface area contributed by atoms with Gasteiger partial charge < -0.3 is 9.67 Å². The van der Waals surface area contributed by atoms with Crippen molar-refractivity contribution in [2.75, 3.05) is 0 Å². The molecule has 1 N–H and O–H groups in total. The summed E-state index contributed by atoms with van der Waals surface area (Å²) in [6.07, 6.45) is 1.66. The van der Waals surface area contributed by atoms with Crippen molar-refractivity contribution in [2.24, 2.45) is 10.2 Å².